The highest BCUT2D eigenvalue weighted by Crippen LogP contribution is 2.25. The summed E-state index contributed by atoms with van der Waals surface area (Å²) in [6.07, 6.45) is 0.629. The molecular formula is C25H38N4O4. The molecular weight excluding hydrogens is 420 g/mol. The number of hydrogen-bond acceptors (Lipinski definition) is 5. The largest absolute Gasteiger partial charge is 0.481 e. The zero-order valence-corrected chi connectivity index (χ0v) is 20.9. The number of hydrogen-bond donors (Lipinski definition) is 2. The van der Waals surface area contributed by atoms with Gasteiger partial charge >= 0.3 is 5.69 Å². The summed E-state index contributed by atoms with van der Waals surface area (Å²) in [5, 5.41) is 0. The zero-order chi connectivity index (χ0) is 24.9. The van der Waals surface area contributed by atoms with Gasteiger partial charge in [0.25, 0.3) is 11.5 Å². The number of nitrogens with one attached hydrogen (secondary N) is 1. The first-order valence-corrected chi connectivity index (χ1v) is 11.6. The first-order chi connectivity index (χ1) is 15.4. The molecule has 1 amide bonds. The maximum Gasteiger partial charge on any atom is 0.330 e. The van der Waals surface area contributed by atoms with E-state index in [1.165, 1.54) is 9.47 Å². The number of unbranched alkanes of at least 4 members (excludes halogenated alkanes) is 1. The summed E-state index contributed by atoms with van der Waals surface area (Å²) in [4.78, 5) is 42.1. The predicted octanol–water partition coefficient (Wildman–Crippen LogP) is 3.67. The van der Waals surface area contributed by atoms with Crippen LogP contribution in [0.3, 0.4) is 0 Å². The SMILES string of the molecule is CCCCN(C(=O)C(C)Oc1ccc(C(C)(C)C)cc1)c1c(N)n(CC(C)C)c(=O)[nH]c1=O. The van der Waals surface area contributed by atoms with E-state index in [0.29, 0.717) is 25.3 Å². The lowest BCUT2D eigenvalue weighted by molar-refractivity contribution is -0.124. The Kier molecular flexibility index (Phi) is 8.52. The number of benzene rings is 1. The van der Waals surface area contributed by atoms with Gasteiger partial charge in [-0.2, -0.15) is 0 Å². The van der Waals surface area contributed by atoms with E-state index in [1.807, 2.05) is 45.0 Å². The molecule has 0 aliphatic carbocycles. The highest BCUT2D eigenvalue weighted by molar-refractivity contribution is 5.98. The zero-order valence-electron chi connectivity index (χ0n) is 20.9. The van der Waals surface area contributed by atoms with E-state index in [1.54, 1.807) is 6.92 Å². The standard InChI is InChI=1S/C25H38N4O4/c1-8-9-14-28(20-21(26)29(15-16(2)3)24(32)27-22(20)30)23(31)17(4)33-19-12-10-18(11-13-19)25(5,6)7/h10-13,16-17H,8-9,14-15,26H2,1-7H3,(H,27,30,32). The molecule has 3 N–H and O–H groups in total. The smallest absolute Gasteiger partial charge is 0.330 e. The van der Waals surface area contributed by atoms with Crippen LogP contribution in [0.4, 0.5) is 11.5 Å². The van der Waals surface area contributed by atoms with Crippen molar-refractivity contribution in [1.29, 1.82) is 0 Å². The van der Waals surface area contributed by atoms with Gasteiger partial charge in [-0.25, -0.2) is 4.79 Å². The molecule has 0 fully saturated rings. The fourth-order valence-electron chi connectivity index (χ4n) is 3.54. The van der Waals surface area contributed by atoms with Crippen LogP contribution in [0.25, 0.3) is 0 Å². The average Bonchev–Trinajstić information content (AvgIpc) is 2.72. The van der Waals surface area contributed by atoms with Crippen molar-refractivity contribution in [3.05, 3.63) is 50.7 Å². The molecule has 33 heavy (non-hydrogen) atoms. The van der Waals surface area contributed by atoms with Crippen molar-refractivity contribution in [1.82, 2.24) is 9.55 Å². The van der Waals surface area contributed by atoms with E-state index in [-0.39, 0.29) is 22.8 Å². The van der Waals surface area contributed by atoms with Gasteiger partial charge in [0.15, 0.2) is 11.8 Å². The van der Waals surface area contributed by atoms with Crippen LogP contribution in [-0.2, 0) is 16.8 Å². The van der Waals surface area contributed by atoms with E-state index in [4.69, 9.17) is 10.5 Å². The molecule has 1 unspecified atom stereocenters. The molecule has 0 saturated heterocycles. The van der Waals surface area contributed by atoms with Gasteiger partial charge in [-0.05, 0) is 42.4 Å². The van der Waals surface area contributed by atoms with E-state index in [2.05, 4.69) is 25.8 Å². The number of aromatic amines is 1. The van der Waals surface area contributed by atoms with Crippen LogP contribution < -0.4 is 26.6 Å². The third-order valence-electron chi connectivity index (χ3n) is 5.41. The molecule has 0 spiro atoms. The monoisotopic (exact) mass is 458 g/mol. The Bertz CT molecular complexity index is 1060. The van der Waals surface area contributed by atoms with Gasteiger partial charge in [-0.1, -0.05) is 60.1 Å². The van der Waals surface area contributed by atoms with Gasteiger partial charge < -0.3 is 15.4 Å². The van der Waals surface area contributed by atoms with Gasteiger partial charge in [-0.3, -0.25) is 19.1 Å². The second-order valence-corrected chi connectivity index (χ2v) is 9.88. The van der Waals surface area contributed by atoms with Gasteiger partial charge in [0.1, 0.15) is 11.6 Å². The lowest BCUT2D eigenvalue weighted by atomic mass is 9.87. The summed E-state index contributed by atoms with van der Waals surface area (Å²) in [6, 6.07) is 7.63. The highest BCUT2D eigenvalue weighted by atomic mass is 16.5. The first-order valence-electron chi connectivity index (χ1n) is 11.6. The molecule has 0 aliphatic rings. The van der Waals surface area contributed by atoms with Gasteiger partial charge in [0.2, 0.25) is 0 Å². The molecule has 1 aromatic heterocycles. The van der Waals surface area contributed by atoms with Crippen molar-refractivity contribution in [3.8, 4) is 5.75 Å². The number of nitrogen functional groups attached to an aromatic ring is 1. The molecule has 0 bridgehead atoms. The van der Waals surface area contributed by atoms with Crippen LogP contribution in [0.15, 0.2) is 33.9 Å². The molecule has 1 atom stereocenters. The van der Waals surface area contributed by atoms with Crippen molar-refractivity contribution in [3.63, 3.8) is 0 Å². The number of aromatic nitrogens is 2. The minimum atomic E-state index is -0.855. The fraction of sp³-hybridized carbons (Fsp3) is 0.560. The fourth-order valence-corrected chi connectivity index (χ4v) is 3.54. The number of carbonyl (C=O) groups excluding carboxylic acids is 1. The van der Waals surface area contributed by atoms with E-state index in [9.17, 15) is 14.4 Å². The van der Waals surface area contributed by atoms with Crippen molar-refractivity contribution < 1.29 is 9.53 Å². The summed E-state index contributed by atoms with van der Waals surface area (Å²) in [5.41, 5.74) is 6.16. The molecule has 1 heterocycles. The predicted molar refractivity (Wildman–Crippen MR) is 133 cm³/mol. The molecule has 182 valence electrons. The van der Waals surface area contributed by atoms with Gasteiger partial charge in [0, 0.05) is 13.1 Å². The number of rotatable bonds is 9. The van der Waals surface area contributed by atoms with Crippen molar-refractivity contribution in [2.75, 3.05) is 17.2 Å². The van der Waals surface area contributed by atoms with Crippen molar-refractivity contribution in [2.45, 2.75) is 79.4 Å². The lowest BCUT2D eigenvalue weighted by Gasteiger charge is -2.27. The summed E-state index contributed by atoms with van der Waals surface area (Å²) >= 11 is 0. The molecule has 8 heteroatoms. The summed E-state index contributed by atoms with van der Waals surface area (Å²) in [5.74, 6) is 0.284. The summed E-state index contributed by atoms with van der Waals surface area (Å²) in [7, 11) is 0. The number of ether oxygens (including phenoxy) is 1. The first kappa shape index (κ1) is 26.2. The summed E-state index contributed by atoms with van der Waals surface area (Å²) in [6.45, 7) is 14.5. The normalized spacial score (nSPS) is 12.6. The van der Waals surface area contributed by atoms with Crippen LogP contribution in [0.2, 0.25) is 0 Å². The Balaban J connectivity index is 2.39. The minimum Gasteiger partial charge on any atom is -0.481 e. The lowest BCUT2D eigenvalue weighted by Crippen LogP contribution is -2.46. The molecule has 2 rings (SSSR count). The number of carbonyl (C=O) groups is 1. The Morgan fingerprint density at radius 2 is 1.76 bits per heavy atom. The Hall–Kier alpha value is -3.03. The number of anilines is 2. The Morgan fingerprint density at radius 3 is 2.27 bits per heavy atom. The van der Waals surface area contributed by atoms with Gasteiger partial charge in [0.05, 0.1) is 0 Å². The number of amides is 1. The molecule has 8 nitrogen and oxygen atoms in total. The molecule has 0 aliphatic heterocycles. The third kappa shape index (κ3) is 6.49. The van der Waals surface area contributed by atoms with Crippen molar-refractivity contribution >= 4 is 17.4 Å². The minimum absolute atomic E-state index is 0.00719. The molecule has 2 aromatic rings. The second-order valence-electron chi connectivity index (χ2n) is 9.88. The quantitative estimate of drug-likeness (QED) is 0.596. The Morgan fingerprint density at radius 1 is 1.15 bits per heavy atom. The van der Waals surface area contributed by atoms with E-state index < -0.39 is 23.3 Å². The topological polar surface area (TPSA) is 110 Å². The third-order valence-corrected chi connectivity index (χ3v) is 5.41. The van der Waals surface area contributed by atoms with Crippen LogP contribution in [0.1, 0.15) is 66.9 Å². The van der Waals surface area contributed by atoms with Crippen LogP contribution in [0.5, 0.6) is 5.75 Å². The maximum absolute atomic E-state index is 13.4. The highest BCUT2D eigenvalue weighted by Gasteiger charge is 2.28. The Labute approximate surface area is 195 Å². The van der Waals surface area contributed by atoms with Crippen LogP contribution in [0, 0.1) is 5.92 Å². The molecule has 0 radical (unpaired) electrons. The van der Waals surface area contributed by atoms with Crippen LogP contribution >= 0.6 is 0 Å². The van der Waals surface area contributed by atoms with Gasteiger partial charge in [-0.15, -0.1) is 0 Å². The number of H-pyrrole nitrogens is 1. The number of nitrogens with two attached hydrogens (primary N) is 1. The second kappa shape index (κ2) is 10.7. The molecule has 1 aromatic carbocycles. The van der Waals surface area contributed by atoms with Crippen LogP contribution in [-0.4, -0.2) is 28.1 Å². The maximum atomic E-state index is 13.4. The summed E-state index contributed by atoms with van der Waals surface area (Å²) < 4.78 is 7.22. The van der Waals surface area contributed by atoms with Crippen molar-refractivity contribution in [2.24, 2.45) is 5.92 Å². The number of nitrogens with zero attached hydrogens (tertiary/aromatic N) is 2. The molecule has 0 saturated carbocycles. The average molecular weight is 459 g/mol. The van der Waals surface area contributed by atoms with E-state index >= 15 is 0 Å². The van der Waals surface area contributed by atoms with E-state index in [0.717, 1.165) is 12.0 Å².